The van der Waals surface area contributed by atoms with Crippen LogP contribution in [0.3, 0.4) is 0 Å². The van der Waals surface area contributed by atoms with E-state index in [-0.39, 0.29) is 5.69 Å². The van der Waals surface area contributed by atoms with E-state index in [2.05, 4.69) is 10.6 Å². The predicted octanol–water partition coefficient (Wildman–Crippen LogP) is 2.07. The van der Waals surface area contributed by atoms with Crippen molar-refractivity contribution < 1.29 is 23.8 Å². The summed E-state index contributed by atoms with van der Waals surface area (Å²) in [7, 11) is 0. The van der Waals surface area contributed by atoms with E-state index in [0.29, 0.717) is 12.5 Å². The van der Waals surface area contributed by atoms with E-state index in [1.165, 1.54) is 6.07 Å². The molecule has 1 aliphatic heterocycles. The van der Waals surface area contributed by atoms with Crippen molar-refractivity contribution in [2.24, 2.45) is 5.92 Å². The van der Waals surface area contributed by atoms with E-state index >= 15 is 0 Å². The molecule has 0 spiro atoms. The van der Waals surface area contributed by atoms with E-state index in [1.807, 2.05) is 0 Å². The van der Waals surface area contributed by atoms with Gasteiger partial charge in [-0.15, -0.1) is 0 Å². The fourth-order valence-corrected chi connectivity index (χ4v) is 2.14. The molecule has 2 rings (SSSR count). The summed E-state index contributed by atoms with van der Waals surface area (Å²) in [6.07, 6.45) is 1.84. The van der Waals surface area contributed by atoms with Crippen molar-refractivity contribution in [2.45, 2.75) is 12.8 Å². The standard InChI is InChI=1S/C14H17FN2O4/c15-12-7-10(1-2-11(12)13(18)19)17-14(20)16-5-3-9-4-6-21-8-9/h1-2,7,9H,3-6,8H2,(H,18,19)(H2,16,17,20). The first kappa shape index (κ1) is 15.2. The average molecular weight is 296 g/mol. The van der Waals surface area contributed by atoms with Gasteiger partial charge in [0.25, 0.3) is 0 Å². The number of hydrogen-bond donors (Lipinski definition) is 3. The van der Waals surface area contributed by atoms with Crippen molar-refractivity contribution in [2.75, 3.05) is 25.1 Å². The highest BCUT2D eigenvalue weighted by Crippen LogP contribution is 2.16. The second-order valence-corrected chi connectivity index (χ2v) is 4.90. The lowest BCUT2D eigenvalue weighted by atomic mass is 10.1. The number of carboxylic acid groups (broad SMARTS) is 1. The van der Waals surface area contributed by atoms with Gasteiger partial charge >= 0.3 is 12.0 Å². The Morgan fingerprint density at radius 2 is 2.24 bits per heavy atom. The van der Waals surface area contributed by atoms with Gasteiger partial charge in [-0.3, -0.25) is 0 Å². The molecule has 2 amide bonds. The smallest absolute Gasteiger partial charge is 0.338 e. The number of aromatic carboxylic acids is 1. The lowest BCUT2D eigenvalue weighted by molar-refractivity contribution is 0.0692. The van der Waals surface area contributed by atoms with E-state index in [0.717, 1.165) is 38.2 Å². The Balaban J connectivity index is 1.79. The number of carbonyl (C=O) groups excluding carboxylic acids is 1. The number of hydrogen-bond acceptors (Lipinski definition) is 3. The van der Waals surface area contributed by atoms with Gasteiger partial charge in [-0.25, -0.2) is 14.0 Å². The quantitative estimate of drug-likeness (QED) is 0.776. The fourth-order valence-electron chi connectivity index (χ4n) is 2.14. The highest BCUT2D eigenvalue weighted by atomic mass is 19.1. The minimum Gasteiger partial charge on any atom is -0.478 e. The zero-order valence-corrected chi connectivity index (χ0v) is 11.4. The summed E-state index contributed by atoms with van der Waals surface area (Å²) in [5.74, 6) is -1.76. The van der Waals surface area contributed by atoms with Gasteiger partial charge in [-0.1, -0.05) is 0 Å². The van der Waals surface area contributed by atoms with Gasteiger partial charge in [0, 0.05) is 25.4 Å². The molecular weight excluding hydrogens is 279 g/mol. The number of amides is 2. The largest absolute Gasteiger partial charge is 0.478 e. The number of nitrogens with one attached hydrogen (secondary N) is 2. The number of anilines is 1. The predicted molar refractivity (Wildman–Crippen MR) is 73.9 cm³/mol. The number of halogens is 1. The van der Waals surface area contributed by atoms with Gasteiger partial charge in [-0.05, 0) is 37.0 Å². The van der Waals surface area contributed by atoms with Crippen LogP contribution >= 0.6 is 0 Å². The van der Waals surface area contributed by atoms with Gasteiger partial charge < -0.3 is 20.5 Å². The molecule has 1 fully saturated rings. The Labute approximate surface area is 121 Å². The van der Waals surface area contributed by atoms with Crippen LogP contribution in [0.4, 0.5) is 14.9 Å². The molecule has 0 aromatic heterocycles. The summed E-state index contributed by atoms with van der Waals surface area (Å²) >= 11 is 0. The molecule has 1 atom stereocenters. The second-order valence-electron chi connectivity index (χ2n) is 4.90. The highest BCUT2D eigenvalue weighted by molar-refractivity contribution is 5.91. The molecule has 1 saturated heterocycles. The number of carbonyl (C=O) groups is 2. The van der Waals surface area contributed by atoms with Gasteiger partial charge in [0.15, 0.2) is 0 Å². The van der Waals surface area contributed by atoms with E-state index in [1.54, 1.807) is 0 Å². The summed E-state index contributed by atoms with van der Waals surface area (Å²) in [6.45, 7) is 2.01. The maximum Gasteiger partial charge on any atom is 0.338 e. The summed E-state index contributed by atoms with van der Waals surface area (Å²) in [5.41, 5.74) is -0.221. The topological polar surface area (TPSA) is 87.7 Å². The monoisotopic (exact) mass is 296 g/mol. The van der Waals surface area contributed by atoms with Crippen molar-refractivity contribution in [3.8, 4) is 0 Å². The van der Waals surface area contributed by atoms with Crippen molar-refractivity contribution in [3.63, 3.8) is 0 Å². The molecule has 0 radical (unpaired) electrons. The van der Waals surface area contributed by atoms with Gasteiger partial charge in [-0.2, -0.15) is 0 Å². The van der Waals surface area contributed by atoms with Crippen molar-refractivity contribution in [1.29, 1.82) is 0 Å². The average Bonchev–Trinajstić information content (AvgIpc) is 2.91. The Kier molecular flexibility index (Phi) is 5.10. The molecule has 1 heterocycles. The van der Waals surface area contributed by atoms with Crippen LogP contribution in [0.5, 0.6) is 0 Å². The van der Waals surface area contributed by atoms with E-state index < -0.39 is 23.4 Å². The van der Waals surface area contributed by atoms with Crippen molar-refractivity contribution in [3.05, 3.63) is 29.6 Å². The van der Waals surface area contributed by atoms with Crippen LogP contribution < -0.4 is 10.6 Å². The third kappa shape index (κ3) is 4.42. The van der Waals surface area contributed by atoms with Crippen molar-refractivity contribution in [1.82, 2.24) is 5.32 Å². The molecule has 1 aromatic carbocycles. The molecule has 1 unspecified atom stereocenters. The minimum absolute atomic E-state index is 0.208. The van der Waals surface area contributed by atoms with Crippen LogP contribution in [0.1, 0.15) is 23.2 Å². The Bertz CT molecular complexity index is 530. The number of urea groups is 1. The lowest BCUT2D eigenvalue weighted by Gasteiger charge is -2.10. The van der Waals surface area contributed by atoms with Crippen molar-refractivity contribution >= 4 is 17.7 Å². The molecule has 3 N–H and O–H groups in total. The van der Waals surface area contributed by atoms with E-state index in [9.17, 15) is 14.0 Å². The first-order valence-electron chi connectivity index (χ1n) is 6.71. The van der Waals surface area contributed by atoms with Crippen LogP contribution in [-0.2, 0) is 4.74 Å². The molecule has 1 aromatic rings. The maximum atomic E-state index is 13.4. The lowest BCUT2D eigenvalue weighted by Crippen LogP contribution is -2.30. The molecule has 1 aliphatic rings. The maximum absolute atomic E-state index is 13.4. The number of rotatable bonds is 5. The van der Waals surface area contributed by atoms with Crippen LogP contribution in [-0.4, -0.2) is 36.9 Å². The molecule has 7 heteroatoms. The minimum atomic E-state index is -1.35. The SMILES string of the molecule is O=C(NCCC1CCOC1)Nc1ccc(C(=O)O)c(F)c1. The van der Waals surface area contributed by atoms with Gasteiger partial charge in [0.05, 0.1) is 5.56 Å². The normalized spacial score (nSPS) is 17.5. The highest BCUT2D eigenvalue weighted by Gasteiger charge is 2.15. The van der Waals surface area contributed by atoms with Crippen LogP contribution in [0.25, 0.3) is 0 Å². The Morgan fingerprint density at radius 3 is 2.86 bits per heavy atom. The number of carboxylic acids is 1. The Hall–Kier alpha value is -2.15. The first-order valence-corrected chi connectivity index (χ1v) is 6.71. The second kappa shape index (κ2) is 7.03. The summed E-state index contributed by atoms with van der Waals surface area (Å²) in [6, 6.07) is 2.99. The molecule has 6 nitrogen and oxygen atoms in total. The molecule has 0 aliphatic carbocycles. The Morgan fingerprint density at radius 1 is 1.43 bits per heavy atom. The third-order valence-corrected chi connectivity index (χ3v) is 3.32. The molecule has 0 saturated carbocycles. The van der Waals surface area contributed by atoms with Crippen LogP contribution in [0.15, 0.2) is 18.2 Å². The van der Waals surface area contributed by atoms with Gasteiger partial charge in [0.1, 0.15) is 5.82 Å². The van der Waals surface area contributed by atoms with Crippen LogP contribution in [0, 0.1) is 11.7 Å². The third-order valence-electron chi connectivity index (χ3n) is 3.32. The fraction of sp³-hybridized carbons (Fsp3) is 0.429. The zero-order chi connectivity index (χ0) is 15.2. The van der Waals surface area contributed by atoms with Crippen LogP contribution in [0.2, 0.25) is 0 Å². The molecule has 0 bridgehead atoms. The molecule has 114 valence electrons. The summed E-state index contributed by atoms with van der Waals surface area (Å²) in [4.78, 5) is 22.3. The molecular formula is C14H17FN2O4. The number of benzene rings is 1. The number of ether oxygens (including phenoxy) is 1. The summed E-state index contributed by atoms with van der Waals surface area (Å²) in [5, 5.41) is 13.8. The summed E-state index contributed by atoms with van der Waals surface area (Å²) < 4.78 is 18.7. The van der Waals surface area contributed by atoms with Gasteiger partial charge in [0.2, 0.25) is 0 Å². The van der Waals surface area contributed by atoms with E-state index in [4.69, 9.17) is 9.84 Å². The first-order chi connectivity index (χ1) is 10.1. The molecule has 21 heavy (non-hydrogen) atoms. The zero-order valence-electron chi connectivity index (χ0n) is 11.4.